The molecule has 1 aliphatic rings. The van der Waals surface area contributed by atoms with E-state index in [0.29, 0.717) is 0 Å². The second-order valence-electron chi connectivity index (χ2n) is 4.71. The zero-order chi connectivity index (χ0) is 15.8. The second-order valence-corrected chi connectivity index (χ2v) is 4.71. The van der Waals surface area contributed by atoms with Crippen LogP contribution in [-0.4, -0.2) is 33.8 Å². The Labute approximate surface area is 117 Å². The van der Waals surface area contributed by atoms with Gasteiger partial charge in [0.2, 0.25) is 5.72 Å². The van der Waals surface area contributed by atoms with Gasteiger partial charge in [-0.2, -0.15) is 13.2 Å². The van der Waals surface area contributed by atoms with Crippen molar-refractivity contribution in [2.45, 2.75) is 24.9 Å². The highest BCUT2D eigenvalue weighted by Crippen LogP contribution is 2.42. The van der Waals surface area contributed by atoms with Crippen LogP contribution in [0, 0.1) is 5.92 Å². The maximum Gasteiger partial charge on any atom is 0.437 e. The third kappa shape index (κ3) is 2.56. The van der Waals surface area contributed by atoms with Gasteiger partial charge in [-0.15, -0.1) is 0 Å². The molecular formula is C12H12F3N3O3. The Balaban J connectivity index is 2.54. The average Bonchev–Trinajstić information content (AvgIpc) is 2.37. The number of nitrogens with zero attached hydrogens (tertiary/aromatic N) is 1. The van der Waals surface area contributed by atoms with Crippen molar-refractivity contribution in [1.82, 2.24) is 15.6 Å². The number of alkyl halides is 3. The van der Waals surface area contributed by atoms with E-state index < -0.39 is 35.7 Å². The summed E-state index contributed by atoms with van der Waals surface area (Å²) in [6, 6.07) is 0.307. The minimum absolute atomic E-state index is 0.190. The quantitative estimate of drug-likeness (QED) is 0.757. The molecule has 2 amide bonds. The highest BCUT2D eigenvalue weighted by Gasteiger charge is 2.65. The number of Topliss-reactive ketones (excluding diaryl/α,β-unsaturated/α-hetero) is 1. The Kier molecular flexibility index (Phi) is 3.62. The lowest BCUT2D eigenvalue weighted by Gasteiger charge is -2.44. The summed E-state index contributed by atoms with van der Waals surface area (Å²) in [5, 5.41) is 13.5. The number of urea groups is 1. The zero-order valence-electron chi connectivity index (χ0n) is 10.8. The molecule has 3 atom stereocenters. The number of rotatable bonds is 2. The minimum Gasteiger partial charge on any atom is -0.363 e. The van der Waals surface area contributed by atoms with Crippen molar-refractivity contribution in [3.8, 4) is 0 Å². The van der Waals surface area contributed by atoms with Crippen molar-refractivity contribution < 1.29 is 27.9 Å². The van der Waals surface area contributed by atoms with Crippen molar-refractivity contribution in [3.63, 3.8) is 0 Å². The number of aliphatic hydroxyl groups is 1. The number of aromatic nitrogens is 1. The van der Waals surface area contributed by atoms with Gasteiger partial charge in [0.15, 0.2) is 0 Å². The molecule has 114 valence electrons. The fourth-order valence-corrected chi connectivity index (χ4v) is 2.36. The molecule has 1 aromatic heterocycles. The van der Waals surface area contributed by atoms with Gasteiger partial charge < -0.3 is 15.7 Å². The Morgan fingerprint density at radius 1 is 1.48 bits per heavy atom. The Hall–Kier alpha value is -2.16. The lowest BCUT2D eigenvalue weighted by molar-refractivity contribution is -0.290. The molecule has 1 aliphatic heterocycles. The molecule has 0 unspecified atom stereocenters. The van der Waals surface area contributed by atoms with Gasteiger partial charge in [0.25, 0.3) is 0 Å². The fourth-order valence-electron chi connectivity index (χ4n) is 2.36. The van der Waals surface area contributed by atoms with E-state index in [0.717, 1.165) is 6.92 Å². The summed E-state index contributed by atoms with van der Waals surface area (Å²) in [6.45, 7) is 0.921. The van der Waals surface area contributed by atoms with Crippen LogP contribution in [0.4, 0.5) is 18.0 Å². The van der Waals surface area contributed by atoms with Crippen LogP contribution < -0.4 is 10.6 Å². The summed E-state index contributed by atoms with van der Waals surface area (Å²) in [6.07, 6.45) is -2.59. The smallest absolute Gasteiger partial charge is 0.363 e. The summed E-state index contributed by atoms with van der Waals surface area (Å²) in [7, 11) is 0. The normalized spacial score (nSPS) is 29.5. The van der Waals surface area contributed by atoms with E-state index in [-0.39, 0.29) is 5.56 Å². The van der Waals surface area contributed by atoms with Crippen molar-refractivity contribution in [2.75, 3.05) is 0 Å². The Morgan fingerprint density at radius 3 is 2.62 bits per heavy atom. The lowest BCUT2D eigenvalue weighted by atomic mass is 9.80. The summed E-state index contributed by atoms with van der Waals surface area (Å²) in [4.78, 5) is 26.9. The molecule has 0 radical (unpaired) electrons. The van der Waals surface area contributed by atoms with E-state index in [1.165, 1.54) is 29.8 Å². The van der Waals surface area contributed by atoms with Crippen LogP contribution in [0.25, 0.3) is 0 Å². The number of hydrogen-bond donors (Lipinski definition) is 3. The number of halogens is 3. The van der Waals surface area contributed by atoms with Crippen LogP contribution in [-0.2, 0) is 4.79 Å². The zero-order valence-corrected chi connectivity index (χ0v) is 10.8. The lowest BCUT2D eigenvalue weighted by Crippen LogP contribution is -2.72. The van der Waals surface area contributed by atoms with Gasteiger partial charge in [-0.05, 0) is 18.6 Å². The van der Waals surface area contributed by atoms with Crippen LogP contribution >= 0.6 is 0 Å². The minimum atomic E-state index is -5.21. The summed E-state index contributed by atoms with van der Waals surface area (Å²) in [5.74, 6) is -2.85. The Bertz CT molecular complexity index is 564. The molecule has 6 nitrogen and oxygen atoms in total. The number of hydrogen-bond acceptors (Lipinski definition) is 4. The number of ketones is 1. The summed E-state index contributed by atoms with van der Waals surface area (Å²) in [5.41, 5.74) is -3.45. The molecule has 0 aliphatic carbocycles. The monoisotopic (exact) mass is 303 g/mol. The fraction of sp³-hybridized carbons (Fsp3) is 0.417. The van der Waals surface area contributed by atoms with Crippen molar-refractivity contribution >= 4 is 11.8 Å². The first-order valence-electron chi connectivity index (χ1n) is 5.95. The summed E-state index contributed by atoms with van der Waals surface area (Å²) < 4.78 is 39.4. The molecule has 3 N–H and O–H groups in total. The van der Waals surface area contributed by atoms with Gasteiger partial charge in [-0.3, -0.25) is 9.78 Å². The van der Waals surface area contributed by atoms with Gasteiger partial charge in [0, 0.05) is 12.4 Å². The maximum absolute atomic E-state index is 13.1. The molecular weight excluding hydrogens is 291 g/mol. The summed E-state index contributed by atoms with van der Waals surface area (Å²) >= 11 is 0. The number of nitrogens with one attached hydrogen (secondary N) is 2. The highest BCUT2D eigenvalue weighted by molar-refractivity contribution is 5.86. The first-order chi connectivity index (χ1) is 9.67. The van der Waals surface area contributed by atoms with Crippen molar-refractivity contribution in [3.05, 3.63) is 30.1 Å². The molecule has 0 aromatic carbocycles. The van der Waals surface area contributed by atoms with E-state index in [2.05, 4.69) is 10.3 Å². The second kappa shape index (κ2) is 4.99. The molecule has 0 spiro atoms. The topological polar surface area (TPSA) is 91.3 Å². The van der Waals surface area contributed by atoms with Crippen molar-refractivity contribution in [2.24, 2.45) is 5.92 Å². The molecule has 9 heteroatoms. The van der Waals surface area contributed by atoms with Crippen molar-refractivity contribution in [1.29, 1.82) is 0 Å². The van der Waals surface area contributed by atoms with E-state index >= 15 is 0 Å². The van der Waals surface area contributed by atoms with Crippen LogP contribution in [0.15, 0.2) is 24.5 Å². The van der Waals surface area contributed by atoms with Crippen LogP contribution in [0.2, 0.25) is 0 Å². The number of carbonyl (C=O) groups is 2. The third-order valence-electron chi connectivity index (χ3n) is 3.29. The number of amides is 2. The van der Waals surface area contributed by atoms with E-state index in [4.69, 9.17) is 0 Å². The van der Waals surface area contributed by atoms with E-state index in [1.807, 2.05) is 0 Å². The standard InChI is InChI=1S/C12H12F3N3O3/c1-6(19)8-9(7-3-2-4-16-5-7)17-10(20)18-11(8,21)12(13,14)15/h2-5,8-9,21H,1H3,(H2,17,18,20)/t8-,9+,11+/m1/s1. The van der Waals surface area contributed by atoms with E-state index in [1.54, 1.807) is 0 Å². The predicted molar refractivity (Wildman–Crippen MR) is 63.8 cm³/mol. The first kappa shape index (κ1) is 15.2. The predicted octanol–water partition coefficient (Wildman–Crippen LogP) is 0.892. The molecule has 1 saturated heterocycles. The molecule has 1 aromatic rings. The van der Waals surface area contributed by atoms with Gasteiger partial charge in [0.1, 0.15) is 5.78 Å². The first-order valence-corrected chi connectivity index (χ1v) is 5.95. The molecule has 21 heavy (non-hydrogen) atoms. The maximum atomic E-state index is 13.1. The number of pyridine rings is 1. The number of carbonyl (C=O) groups excluding carboxylic acids is 2. The van der Waals surface area contributed by atoms with Gasteiger partial charge in [0.05, 0.1) is 12.0 Å². The third-order valence-corrected chi connectivity index (χ3v) is 3.29. The van der Waals surface area contributed by atoms with E-state index in [9.17, 15) is 27.9 Å². The molecule has 0 bridgehead atoms. The van der Waals surface area contributed by atoms with Crippen LogP contribution in [0.1, 0.15) is 18.5 Å². The molecule has 0 saturated carbocycles. The van der Waals surface area contributed by atoms with Crippen LogP contribution in [0.3, 0.4) is 0 Å². The molecule has 1 fully saturated rings. The average molecular weight is 303 g/mol. The molecule has 2 rings (SSSR count). The van der Waals surface area contributed by atoms with Gasteiger partial charge in [-0.25, -0.2) is 4.79 Å². The SMILES string of the molecule is CC(=O)[C@@H]1[C@H](c2cccnc2)NC(=O)N[C@@]1(O)C(F)(F)F. The highest BCUT2D eigenvalue weighted by atomic mass is 19.4. The Morgan fingerprint density at radius 2 is 2.14 bits per heavy atom. The van der Waals surface area contributed by atoms with Gasteiger partial charge >= 0.3 is 12.2 Å². The molecule has 2 heterocycles. The largest absolute Gasteiger partial charge is 0.437 e. The van der Waals surface area contributed by atoms with Gasteiger partial charge in [-0.1, -0.05) is 6.07 Å². The van der Waals surface area contributed by atoms with Crippen LogP contribution in [0.5, 0.6) is 0 Å².